The summed E-state index contributed by atoms with van der Waals surface area (Å²) in [6.07, 6.45) is 3.34. The number of hydrogen-bond donors (Lipinski definition) is 2. The fraction of sp³-hybridized carbons (Fsp3) is 0.536. The van der Waals surface area contributed by atoms with E-state index >= 15 is 0 Å². The van der Waals surface area contributed by atoms with Crippen molar-refractivity contribution >= 4 is 101 Å². The number of rotatable bonds is 9. The molecule has 2 aliphatic carbocycles. The Kier molecular flexibility index (Phi) is 9.07. The van der Waals surface area contributed by atoms with Crippen molar-refractivity contribution in [2.75, 3.05) is 19.1 Å². The maximum atomic E-state index is 14.0. The van der Waals surface area contributed by atoms with Gasteiger partial charge in [0, 0.05) is 23.4 Å². The van der Waals surface area contributed by atoms with Gasteiger partial charge < -0.3 is 14.9 Å². The van der Waals surface area contributed by atoms with Crippen molar-refractivity contribution in [3.05, 3.63) is 32.2 Å². The van der Waals surface area contributed by atoms with Gasteiger partial charge in [0.15, 0.2) is 21.2 Å². The van der Waals surface area contributed by atoms with Gasteiger partial charge in [-0.1, -0.05) is 34.0 Å². The van der Waals surface area contributed by atoms with Crippen LogP contribution in [0.1, 0.15) is 50.0 Å². The highest BCUT2D eigenvalue weighted by Gasteiger charge is 2.76. The monoisotopic (exact) mass is 826 g/mol. The van der Waals surface area contributed by atoms with Crippen molar-refractivity contribution < 1.29 is 38.9 Å². The Morgan fingerprint density at radius 1 is 1.05 bits per heavy atom. The van der Waals surface area contributed by atoms with Crippen LogP contribution >= 0.6 is 71.0 Å². The summed E-state index contributed by atoms with van der Waals surface area (Å²) in [6.45, 7) is 0.156. The van der Waals surface area contributed by atoms with E-state index < -0.39 is 51.2 Å². The molecule has 2 N–H and O–H groups in total. The van der Waals surface area contributed by atoms with Gasteiger partial charge in [0.25, 0.3) is 11.8 Å². The van der Waals surface area contributed by atoms with E-state index in [2.05, 4.69) is 47.8 Å². The smallest absolute Gasteiger partial charge is 0.303 e. The van der Waals surface area contributed by atoms with Gasteiger partial charge >= 0.3 is 5.97 Å². The number of phenols is 1. The number of benzene rings is 1. The number of likely N-dealkylation sites (tertiary alicyclic amines) is 2. The molecule has 0 radical (unpaired) electrons. The van der Waals surface area contributed by atoms with Crippen molar-refractivity contribution in [1.82, 2.24) is 9.80 Å². The summed E-state index contributed by atoms with van der Waals surface area (Å²) in [5.41, 5.74) is 0.864. The van der Waals surface area contributed by atoms with E-state index in [4.69, 9.17) is 33.0 Å². The molecule has 0 bridgehead atoms. The second-order valence-electron chi connectivity index (χ2n) is 11.2. The van der Waals surface area contributed by atoms with Gasteiger partial charge in [0.05, 0.1) is 28.9 Å². The first-order valence-corrected chi connectivity index (χ1v) is 17.0. The minimum absolute atomic E-state index is 0.00769. The topological polar surface area (TPSA) is 142 Å². The number of fused-ring (bicyclic) bond motifs is 4. The van der Waals surface area contributed by atoms with Gasteiger partial charge in [-0.05, 0) is 75.1 Å². The van der Waals surface area contributed by atoms with Gasteiger partial charge in [0.1, 0.15) is 0 Å². The van der Waals surface area contributed by atoms with Crippen LogP contribution in [-0.4, -0.2) is 78.5 Å². The first-order valence-electron chi connectivity index (χ1n) is 13.6. The SMILES string of the molecule is COc1cc(C2C3=CCC4C(=O)N(CCCCCC(=O)O)C(=O)C4C3CC3(Cl)C(=O)N(CBr)C(=O)C23Cl)c(Br)c(Br)c1O. The second kappa shape index (κ2) is 11.9. The van der Waals surface area contributed by atoms with Crippen LogP contribution in [-0.2, 0) is 24.0 Å². The van der Waals surface area contributed by atoms with E-state index in [0.717, 1.165) is 4.90 Å². The lowest BCUT2D eigenvalue weighted by molar-refractivity contribution is -0.141. The molecule has 4 amide bonds. The van der Waals surface area contributed by atoms with Crippen molar-refractivity contribution in [2.45, 2.75) is 54.2 Å². The Balaban J connectivity index is 1.60. The Bertz CT molecular complexity index is 1470. The predicted molar refractivity (Wildman–Crippen MR) is 166 cm³/mol. The molecule has 5 rings (SSSR count). The number of carbonyl (C=O) groups is 5. The van der Waals surface area contributed by atoms with Crippen LogP contribution in [0.15, 0.2) is 26.7 Å². The van der Waals surface area contributed by atoms with Crippen LogP contribution in [0, 0.1) is 17.8 Å². The molecule has 6 unspecified atom stereocenters. The molecular weight excluding hydrogens is 803 g/mol. The summed E-state index contributed by atoms with van der Waals surface area (Å²) in [4.78, 5) is 64.2. The first kappa shape index (κ1) is 32.7. The number of phenolic OH excluding ortho intramolecular Hbond substituents is 1. The number of nitrogens with zero attached hydrogens (tertiary/aromatic N) is 2. The summed E-state index contributed by atoms with van der Waals surface area (Å²) in [6, 6.07) is 1.52. The number of carboxylic acid groups (broad SMARTS) is 1. The fourth-order valence-electron chi connectivity index (χ4n) is 7.08. The molecule has 0 aromatic heterocycles. The molecule has 2 heterocycles. The average molecular weight is 830 g/mol. The molecule has 232 valence electrons. The van der Waals surface area contributed by atoms with Crippen molar-refractivity contribution in [3.8, 4) is 11.5 Å². The van der Waals surface area contributed by atoms with Crippen LogP contribution in [0.25, 0.3) is 0 Å². The molecule has 1 aromatic carbocycles. The van der Waals surface area contributed by atoms with Crippen LogP contribution in [0.5, 0.6) is 11.5 Å². The Morgan fingerprint density at radius 2 is 1.74 bits per heavy atom. The zero-order chi connectivity index (χ0) is 31.6. The molecule has 3 fully saturated rings. The molecule has 43 heavy (non-hydrogen) atoms. The number of methoxy groups -OCH3 is 1. The lowest BCUT2D eigenvalue weighted by Gasteiger charge is -2.51. The largest absolute Gasteiger partial charge is 0.503 e. The Labute approximate surface area is 282 Å². The van der Waals surface area contributed by atoms with Crippen molar-refractivity contribution in [1.29, 1.82) is 0 Å². The van der Waals surface area contributed by atoms with Gasteiger partial charge in [-0.15, -0.1) is 23.2 Å². The molecule has 6 atom stereocenters. The number of allylic oxidation sites excluding steroid dienone is 2. The average Bonchev–Trinajstić information content (AvgIpc) is 3.29. The highest BCUT2D eigenvalue weighted by molar-refractivity contribution is 9.13. The van der Waals surface area contributed by atoms with E-state index in [1.54, 1.807) is 0 Å². The summed E-state index contributed by atoms with van der Waals surface area (Å²) < 4.78 is 5.97. The van der Waals surface area contributed by atoms with Crippen LogP contribution in [0.3, 0.4) is 0 Å². The molecule has 1 saturated carbocycles. The Morgan fingerprint density at radius 3 is 2.37 bits per heavy atom. The minimum atomic E-state index is -2.01. The van der Waals surface area contributed by atoms with Gasteiger partial charge in [0.2, 0.25) is 11.8 Å². The predicted octanol–water partition coefficient (Wildman–Crippen LogP) is 5.28. The number of ether oxygens (including phenoxy) is 1. The van der Waals surface area contributed by atoms with Crippen LogP contribution in [0.4, 0.5) is 0 Å². The van der Waals surface area contributed by atoms with E-state index in [0.29, 0.717) is 34.9 Å². The fourth-order valence-corrected chi connectivity index (χ4v) is 9.46. The number of aliphatic carboxylic acids is 1. The van der Waals surface area contributed by atoms with Crippen molar-refractivity contribution in [3.63, 3.8) is 0 Å². The van der Waals surface area contributed by atoms with Gasteiger partial charge in [-0.2, -0.15) is 0 Å². The number of halogens is 5. The third kappa shape index (κ3) is 4.78. The summed E-state index contributed by atoms with van der Waals surface area (Å²) in [5.74, 6) is -6.37. The molecule has 4 aliphatic rings. The molecule has 2 aliphatic heterocycles. The highest BCUT2D eigenvalue weighted by atomic mass is 79.9. The van der Waals surface area contributed by atoms with Crippen LogP contribution in [0.2, 0.25) is 0 Å². The Hall–Kier alpha value is -1.67. The number of carboxylic acids is 1. The number of amides is 4. The third-order valence-corrected chi connectivity index (χ3v) is 13.2. The van der Waals surface area contributed by atoms with E-state index in [-0.39, 0.29) is 59.0 Å². The standard InChI is InChI=1S/C28H27Br3Cl2N2O8/c1-43-16-9-14(20(30)21(31)22(16)38)19-12-6-7-13-18(24(40)34(23(13)39)8-4-2-3-5-17(36)37)15(12)10-27(32)25(41)35(11-29)26(42)28(19,27)33/h6,9,13,15,18-19,38H,2-5,7-8,10-11H2,1H3,(H,36,37). The molecule has 15 heteroatoms. The van der Waals surface area contributed by atoms with Crippen molar-refractivity contribution in [2.24, 2.45) is 17.8 Å². The first-order chi connectivity index (χ1) is 20.3. The summed E-state index contributed by atoms with van der Waals surface area (Å²) in [5, 5.41) is 19.5. The number of carbonyl (C=O) groups excluding carboxylic acids is 4. The minimum Gasteiger partial charge on any atom is -0.503 e. The third-order valence-electron chi connectivity index (χ3n) is 9.08. The number of alkyl halides is 3. The van der Waals surface area contributed by atoms with E-state index in [1.165, 1.54) is 18.1 Å². The number of hydrogen-bond acceptors (Lipinski definition) is 7. The van der Waals surface area contributed by atoms with E-state index in [9.17, 15) is 29.1 Å². The second-order valence-corrected chi connectivity index (χ2v) is 14.5. The molecule has 1 aromatic rings. The van der Waals surface area contributed by atoms with Crippen LogP contribution < -0.4 is 4.74 Å². The summed E-state index contributed by atoms with van der Waals surface area (Å²) >= 11 is 24.6. The number of imide groups is 2. The summed E-state index contributed by atoms with van der Waals surface area (Å²) in [7, 11) is 1.37. The zero-order valence-corrected chi connectivity index (χ0v) is 29.0. The lowest BCUT2D eigenvalue weighted by Crippen LogP contribution is -2.60. The van der Waals surface area contributed by atoms with E-state index in [1.807, 2.05) is 6.08 Å². The maximum absolute atomic E-state index is 14.0. The molecule has 0 spiro atoms. The zero-order valence-electron chi connectivity index (χ0n) is 22.7. The molecule has 10 nitrogen and oxygen atoms in total. The number of unbranched alkanes of at least 4 members (excludes halogenated alkanes) is 2. The quantitative estimate of drug-likeness (QED) is 0.113. The number of aromatic hydroxyl groups is 1. The normalized spacial score (nSPS) is 31.6. The highest BCUT2D eigenvalue weighted by Crippen LogP contribution is 2.66. The van der Waals surface area contributed by atoms with Gasteiger partial charge in [-0.3, -0.25) is 33.8 Å². The lowest BCUT2D eigenvalue weighted by atomic mass is 9.56. The van der Waals surface area contributed by atoms with Gasteiger partial charge in [-0.25, -0.2) is 0 Å². The molecule has 2 saturated heterocycles. The maximum Gasteiger partial charge on any atom is 0.303 e. The molecular formula is C28H27Br3Cl2N2O8.